The van der Waals surface area contributed by atoms with Crippen LogP contribution in [0.2, 0.25) is 0 Å². The lowest BCUT2D eigenvalue weighted by molar-refractivity contribution is 0.0950. The van der Waals surface area contributed by atoms with Crippen molar-refractivity contribution >= 4 is 11.6 Å². The Kier molecular flexibility index (Phi) is 7.70. The number of carbonyl (C=O) groups excluding carboxylic acids is 1. The second-order valence-electron chi connectivity index (χ2n) is 10.8. The number of nitrogens with zero attached hydrogens (tertiary/aromatic N) is 2. The second-order valence-corrected chi connectivity index (χ2v) is 10.8. The largest absolute Gasteiger partial charge is 0.369 e. The van der Waals surface area contributed by atoms with E-state index in [0.29, 0.717) is 23.6 Å². The van der Waals surface area contributed by atoms with Crippen LogP contribution in [0.1, 0.15) is 89.7 Å². The van der Waals surface area contributed by atoms with Gasteiger partial charge in [-0.05, 0) is 121 Å². The molecule has 35 heavy (non-hydrogen) atoms. The Morgan fingerprint density at radius 3 is 2.23 bits per heavy atom. The third-order valence-electron chi connectivity index (χ3n) is 8.10. The monoisotopic (exact) mass is 478 g/mol. The van der Waals surface area contributed by atoms with Crippen LogP contribution < -0.4 is 15.8 Å². The Morgan fingerprint density at radius 1 is 1.00 bits per heavy atom. The molecule has 1 aromatic carbocycles. The van der Waals surface area contributed by atoms with Gasteiger partial charge in [0.2, 0.25) is 0 Å². The number of rotatable bonds is 8. The van der Waals surface area contributed by atoms with Crippen LogP contribution in [0.4, 0.5) is 5.69 Å². The van der Waals surface area contributed by atoms with Crippen molar-refractivity contribution in [2.45, 2.75) is 90.8 Å². The number of H-pyrrole nitrogens is 1. The van der Waals surface area contributed by atoms with E-state index in [4.69, 9.17) is 0 Å². The van der Waals surface area contributed by atoms with E-state index in [-0.39, 0.29) is 18.0 Å². The Balaban J connectivity index is 1.59. The third-order valence-corrected chi connectivity index (χ3v) is 8.10. The van der Waals surface area contributed by atoms with Gasteiger partial charge in [-0.1, -0.05) is 0 Å². The quantitative estimate of drug-likeness (QED) is 0.572. The minimum absolute atomic E-state index is 0.0991. The molecule has 1 aromatic heterocycles. The van der Waals surface area contributed by atoms with E-state index in [1.54, 1.807) is 0 Å². The molecule has 2 fully saturated rings. The summed E-state index contributed by atoms with van der Waals surface area (Å²) in [5.41, 5.74) is 6.50. The fourth-order valence-corrected chi connectivity index (χ4v) is 5.78. The SMILES string of the molecule is CCN(c1cc(C2CC2)cc(C(=O)NCc2c(C)cc(C)[nH]c2=O)c1C)C1CCC(N(C)C)CC1. The first-order valence-electron chi connectivity index (χ1n) is 13.2. The molecule has 0 spiro atoms. The number of aromatic nitrogens is 1. The average molecular weight is 479 g/mol. The van der Waals surface area contributed by atoms with E-state index in [1.807, 2.05) is 19.9 Å². The van der Waals surface area contributed by atoms with Gasteiger partial charge in [0, 0.05) is 47.7 Å². The van der Waals surface area contributed by atoms with Gasteiger partial charge in [0.15, 0.2) is 0 Å². The van der Waals surface area contributed by atoms with Crippen molar-refractivity contribution in [2.24, 2.45) is 0 Å². The standard InChI is InChI=1S/C29H42N4O2/c1-7-33(24-12-10-23(11-13-24)32(5)6)27-16-22(21-8-9-21)15-25(20(27)4)28(34)30-17-26-18(2)14-19(3)31-29(26)35/h14-16,21,23-24H,7-13,17H2,1-6H3,(H,30,34)(H,31,35). The molecule has 1 heterocycles. The molecule has 6 nitrogen and oxygen atoms in total. The smallest absolute Gasteiger partial charge is 0.253 e. The van der Waals surface area contributed by atoms with E-state index < -0.39 is 0 Å². The molecule has 0 atom stereocenters. The molecular formula is C29H42N4O2. The van der Waals surface area contributed by atoms with Gasteiger partial charge in [0.25, 0.3) is 11.5 Å². The number of anilines is 1. The van der Waals surface area contributed by atoms with Gasteiger partial charge in [0.05, 0.1) is 0 Å². The van der Waals surface area contributed by atoms with Crippen molar-refractivity contribution in [3.05, 3.63) is 62.1 Å². The van der Waals surface area contributed by atoms with Crippen molar-refractivity contribution < 1.29 is 4.79 Å². The van der Waals surface area contributed by atoms with E-state index in [0.717, 1.165) is 28.9 Å². The Labute approximate surface area is 210 Å². The highest BCUT2D eigenvalue weighted by Crippen LogP contribution is 2.43. The molecule has 2 aromatic rings. The van der Waals surface area contributed by atoms with Crippen molar-refractivity contribution in [3.63, 3.8) is 0 Å². The zero-order valence-corrected chi connectivity index (χ0v) is 22.3. The number of nitrogens with one attached hydrogen (secondary N) is 2. The summed E-state index contributed by atoms with van der Waals surface area (Å²) >= 11 is 0. The molecule has 1 amide bonds. The number of amides is 1. The molecule has 0 aliphatic heterocycles. The molecule has 0 bridgehead atoms. The summed E-state index contributed by atoms with van der Waals surface area (Å²) in [5.74, 6) is 0.462. The maximum atomic E-state index is 13.4. The zero-order valence-electron chi connectivity index (χ0n) is 22.3. The van der Waals surface area contributed by atoms with Crippen LogP contribution in [0.3, 0.4) is 0 Å². The predicted octanol–water partition coefficient (Wildman–Crippen LogP) is 4.81. The van der Waals surface area contributed by atoms with E-state index in [9.17, 15) is 9.59 Å². The number of aromatic amines is 1. The van der Waals surface area contributed by atoms with Crippen molar-refractivity contribution in [2.75, 3.05) is 25.5 Å². The van der Waals surface area contributed by atoms with Crippen molar-refractivity contribution in [1.82, 2.24) is 15.2 Å². The lowest BCUT2D eigenvalue weighted by Crippen LogP contribution is -2.42. The minimum Gasteiger partial charge on any atom is -0.369 e. The lowest BCUT2D eigenvalue weighted by Gasteiger charge is -2.40. The van der Waals surface area contributed by atoms with Gasteiger partial charge in [-0.2, -0.15) is 0 Å². The number of hydrogen-bond acceptors (Lipinski definition) is 4. The third kappa shape index (κ3) is 5.64. The normalized spacial score (nSPS) is 20.2. The number of aryl methyl sites for hydroxylation is 2. The predicted molar refractivity (Wildman–Crippen MR) is 144 cm³/mol. The zero-order chi connectivity index (χ0) is 25.3. The summed E-state index contributed by atoms with van der Waals surface area (Å²) < 4.78 is 0. The number of pyridine rings is 1. The highest BCUT2D eigenvalue weighted by atomic mass is 16.1. The fraction of sp³-hybridized carbons (Fsp3) is 0.586. The molecule has 2 aliphatic carbocycles. The van der Waals surface area contributed by atoms with Gasteiger partial charge in [0.1, 0.15) is 0 Å². The highest BCUT2D eigenvalue weighted by molar-refractivity contribution is 5.97. The van der Waals surface area contributed by atoms with Crippen molar-refractivity contribution in [1.29, 1.82) is 0 Å². The number of carbonyl (C=O) groups is 1. The summed E-state index contributed by atoms with van der Waals surface area (Å²) in [6.07, 6.45) is 7.19. The molecule has 4 rings (SSSR count). The van der Waals surface area contributed by atoms with Gasteiger partial charge in [-0.15, -0.1) is 0 Å². The van der Waals surface area contributed by atoms with Crippen molar-refractivity contribution in [3.8, 4) is 0 Å². The van der Waals surface area contributed by atoms with Crippen LogP contribution in [-0.4, -0.2) is 48.5 Å². The van der Waals surface area contributed by atoms with Gasteiger partial charge < -0.3 is 20.1 Å². The first-order valence-corrected chi connectivity index (χ1v) is 13.2. The van der Waals surface area contributed by atoms with Gasteiger partial charge in [-0.3, -0.25) is 9.59 Å². The molecule has 190 valence electrons. The minimum atomic E-state index is -0.127. The summed E-state index contributed by atoms with van der Waals surface area (Å²) in [5, 5.41) is 3.04. The van der Waals surface area contributed by atoms with Gasteiger partial charge >= 0.3 is 0 Å². The Hall–Kier alpha value is -2.60. The van der Waals surface area contributed by atoms with Crippen LogP contribution in [0.5, 0.6) is 0 Å². The molecule has 6 heteroatoms. The summed E-state index contributed by atoms with van der Waals surface area (Å²) in [4.78, 5) is 33.6. The number of hydrogen-bond donors (Lipinski definition) is 2. The van der Waals surface area contributed by atoms with Crippen LogP contribution in [0.15, 0.2) is 23.0 Å². The van der Waals surface area contributed by atoms with Gasteiger partial charge in [-0.25, -0.2) is 0 Å². The molecule has 0 unspecified atom stereocenters. The first kappa shape index (κ1) is 25.5. The lowest BCUT2D eigenvalue weighted by atomic mass is 9.88. The van der Waals surface area contributed by atoms with E-state index in [1.165, 1.54) is 49.8 Å². The molecule has 2 N–H and O–H groups in total. The van der Waals surface area contributed by atoms with Crippen LogP contribution >= 0.6 is 0 Å². The van der Waals surface area contributed by atoms with Crippen LogP contribution in [-0.2, 0) is 6.54 Å². The molecular weight excluding hydrogens is 436 g/mol. The van der Waals surface area contributed by atoms with E-state index >= 15 is 0 Å². The Morgan fingerprint density at radius 2 is 1.66 bits per heavy atom. The van der Waals surface area contributed by atoms with Crippen LogP contribution in [0, 0.1) is 20.8 Å². The Bertz CT molecular complexity index is 1120. The summed E-state index contributed by atoms with van der Waals surface area (Å²) in [7, 11) is 4.37. The summed E-state index contributed by atoms with van der Waals surface area (Å²) in [6.45, 7) is 9.27. The molecule has 0 radical (unpaired) electrons. The highest BCUT2D eigenvalue weighted by Gasteiger charge is 2.31. The topological polar surface area (TPSA) is 68.4 Å². The average Bonchev–Trinajstić information content (AvgIpc) is 3.65. The molecule has 2 aliphatic rings. The number of benzene rings is 1. The van der Waals surface area contributed by atoms with Crippen LogP contribution in [0.25, 0.3) is 0 Å². The molecule has 0 saturated heterocycles. The maximum absolute atomic E-state index is 13.4. The maximum Gasteiger partial charge on any atom is 0.253 e. The fourth-order valence-electron chi connectivity index (χ4n) is 5.78. The second kappa shape index (κ2) is 10.6. The van der Waals surface area contributed by atoms with E-state index in [2.05, 4.69) is 60.2 Å². The summed E-state index contributed by atoms with van der Waals surface area (Å²) in [6, 6.07) is 7.56. The first-order chi connectivity index (χ1) is 16.7. The molecule has 2 saturated carbocycles.